The van der Waals surface area contributed by atoms with Crippen LogP contribution in [0.25, 0.3) is 5.69 Å². The van der Waals surface area contributed by atoms with Gasteiger partial charge in [-0.1, -0.05) is 30.0 Å². The number of carbonyl (C=O) groups excluding carboxylic acids is 1. The van der Waals surface area contributed by atoms with Crippen molar-refractivity contribution in [3.63, 3.8) is 0 Å². The minimum Gasteiger partial charge on any atom is -0.494 e. The molecule has 3 aromatic rings. The number of aromatic nitrogens is 4. The fourth-order valence-corrected chi connectivity index (χ4v) is 3.35. The Morgan fingerprint density at radius 3 is 2.70 bits per heavy atom. The van der Waals surface area contributed by atoms with Crippen molar-refractivity contribution in [3.05, 3.63) is 53.6 Å². The van der Waals surface area contributed by atoms with Crippen LogP contribution >= 0.6 is 11.8 Å². The average molecular weight is 383 g/mol. The molecular formula is C19H21N5O2S. The first-order valence-corrected chi connectivity index (χ1v) is 9.33. The number of methoxy groups -OCH3 is 1. The highest BCUT2D eigenvalue weighted by Gasteiger charge is 2.21. The van der Waals surface area contributed by atoms with Gasteiger partial charge in [0.1, 0.15) is 11.4 Å². The number of rotatable bonds is 6. The van der Waals surface area contributed by atoms with Gasteiger partial charge in [-0.15, -0.1) is 5.10 Å². The molecule has 0 unspecified atom stereocenters. The molecule has 0 aliphatic carbocycles. The Hall–Kier alpha value is -2.87. The number of tetrazole rings is 1. The molecule has 0 fully saturated rings. The maximum Gasteiger partial charge on any atom is 0.237 e. The van der Waals surface area contributed by atoms with Crippen molar-refractivity contribution >= 4 is 23.4 Å². The molecule has 1 aromatic heterocycles. The van der Waals surface area contributed by atoms with Gasteiger partial charge in [0.25, 0.3) is 0 Å². The quantitative estimate of drug-likeness (QED) is 0.657. The SMILES string of the molecule is COc1ccc(C)cc1-n1nnnc1S[C@@H](C)C(=O)Nc1cccc(C)c1. The molecule has 0 radical (unpaired) electrons. The third-order valence-electron chi connectivity index (χ3n) is 3.94. The number of benzene rings is 2. The van der Waals surface area contributed by atoms with Gasteiger partial charge < -0.3 is 10.1 Å². The van der Waals surface area contributed by atoms with Gasteiger partial charge in [0.05, 0.1) is 12.4 Å². The molecule has 140 valence electrons. The van der Waals surface area contributed by atoms with E-state index in [1.165, 1.54) is 11.8 Å². The standard InChI is InChI=1S/C19H21N5O2S/c1-12-6-5-7-15(10-12)20-18(25)14(3)27-19-21-22-23-24(19)16-11-13(2)8-9-17(16)26-4/h5-11,14H,1-4H3,(H,20,25)/t14-/m0/s1. The zero-order valence-corrected chi connectivity index (χ0v) is 16.4. The zero-order valence-electron chi connectivity index (χ0n) is 15.6. The highest BCUT2D eigenvalue weighted by molar-refractivity contribution is 8.00. The van der Waals surface area contributed by atoms with Gasteiger partial charge in [0.2, 0.25) is 11.1 Å². The Balaban J connectivity index is 1.78. The second kappa shape index (κ2) is 8.22. The number of nitrogens with one attached hydrogen (secondary N) is 1. The van der Waals surface area contributed by atoms with Crippen molar-refractivity contribution in [1.29, 1.82) is 0 Å². The van der Waals surface area contributed by atoms with Crippen LogP contribution in [0.15, 0.2) is 47.6 Å². The van der Waals surface area contributed by atoms with E-state index in [1.54, 1.807) is 11.8 Å². The monoisotopic (exact) mass is 383 g/mol. The summed E-state index contributed by atoms with van der Waals surface area (Å²) in [7, 11) is 1.60. The lowest BCUT2D eigenvalue weighted by Crippen LogP contribution is -2.23. The Morgan fingerprint density at radius 2 is 1.96 bits per heavy atom. The van der Waals surface area contributed by atoms with Crippen LogP contribution in [0.1, 0.15) is 18.1 Å². The Labute approximate surface area is 162 Å². The second-order valence-corrected chi connectivity index (χ2v) is 7.48. The Morgan fingerprint density at radius 1 is 1.19 bits per heavy atom. The average Bonchev–Trinajstić information content (AvgIpc) is 3.09. The van der Waals surface area contributed by atoms with Crippen LogP contribution in [-0.4, -0.2) is 38.5 Å². The molecular weight excluding hydrogens is 362 g/mol. The van der Waals surface area contributed by atoms with Gasteiger partial charge in [-0.25, -0.2) is 0 Å². The summed E-state index contributed by atoms with van der Waals surface area (Å²) >= 11 is 1.29. The molecule has 1 atom stereocenters. The second-order valence-electron chi connectivity index (χ2n) is 6.17. The number of thioether (sulfide) groups is 1. The van der Waals surface area contributed by atoms with Crippen LogP contribution in [0.2, 0.25) is 0 Å². The highest BCUT2D eigenvalue weighted by Crippen LogP contribution is 2.29. The van der Waals surface area contributed by atoms with E-state index >= 15 is 0 Å². The first kappa shape index (κ1) is 18.9. The van der Waals surface area contributed by atoms with Crippen LogP contribution in [0.3, 0.4) is 0 Å². The number of hydrogen-bond acceptors (Lipinski definition) is 6. The van der Waals surface area contributed by atoms with Crippen LogP contribution in [0, 0.1) is 13.8 Å². The highest BCUT2D eigenvalue weighted by atomic mass is 32.2. The summed E-state index contributed by atoms with van der Waals surface area (Å²) in [6.45, 7) is 5.79. The number of nitrogens with zero attached hydrogens (tertiary/aromatic N) is 4. The molecule has 0 saturated heterocycles. The zero-order chi connectivity index (χ0) is 19.4. The predicted molar refractivity (Wildman–Crippen MR) is 106 cm³/mol. The maximum atomic E-state index is 12.5. The van der Waals surface area contributed by atoms with Gasteiger partial charge in [-0.2, -0.15) is 4.68 Å². The lowest BCUT2D eigenvalue weighted by molar-refractivity contribution is -0.115. The third kappa shape index (κ3) is 4.46. The molecule has 0 aliphatic rings. The first-order chi connectivity index (χ1) is 13.0. The third-order valence-corrected chi connectivity index (χ3v) is 4.97. The lowest BCUT2D eigenvalue weighted by Gasteiger charge is -2.13. The van der Waals surface area contributed by atoms with E-state index in [9.17, 15) is 4.79 Å². The van der Waals surface area contributed by atoms with Crippen molar-refractivity contribution in [1.82, 2.24) is 20.2 Å². The first-order valence-electron chi connectivity index (χ1n) is 8.45. The number of ether oxygens (including phenoxy) is 1. The molecule has 0 bridgehead atoms. The van der Waals surface area contributed by atoms with Gasteiger partial charge in [-0.05, 0) is 66.6 Å². The fourth-order valence-electron chi connectivity index (χ4n) is 2.55. The number of anilines is 1. The summed E-state index contributed by atoms with van der Waals surface area (Å²) in [5, 5.41) is 15.0. The van der Waals surface area contributed by atoms with Gasteiger partial charge in [0, 0.05) is 5.69 Å². The molecule has 7 nitrogen and oxygen atoms in total. The molecule has 0 spiro atoms. The van der Waals surface area contributed by atoms with Gasteiger partial charge in [-0.3, -0.25) is 4.79 Å². The van der Waals surface area contributed by atoms with E-state index in [0.29, 0.717) is 10.9 Å². The van der Waals surface area contributed by atoms with E-state index in [-0.39, 0.29) is 11.2 Å². The van der Waals surface area contributed by atoms with Crippen molar-refractivity contribution in [2.24, 2.45) is 0 Å². The van der Waals surface area contributed by atoms with E-state index < -0.39 is 0 Å². The smallest absolute Gasteiger partial charge is 0.237 e. The summed E-state index contributed by atoms with van der Waals surface area (Å²) < 4.78 is 7.01. The largest absolute Gasteiger partial charge is 0.494 e. The van der Waals surface area contributed by atoms with Crippen LogP contribution < -0.4 is 10.1 Å². The molecule has 3 rings (SSSR count). The molecule has 1 N–H and O–H groups in total. The number of amides is 1. The van der Waals surface area contributed by atoms with E-state index in [0.717, 1.165) is 22.5 Å². The maximum absolute atomic E-state index is 12.5. The number of hydrogen-bond donors (Lipinski definition) is 1. The molecule has 0 saturated carbocycles. The minimum atomic E-state index is -0.383. The topological polar surface area (TPSA) is 81.9 Å². The van der Waals surface area contributed by atoms with Crippen molar-refractivity contribution in [2.75, 3.05) is 12.4 Å². The summed E-state index contributed by atoms with van der Waals surface area (Å²) in [5.74, 6) is 0.544. The van der Waals surface area contributed by atoms with Crippen molar-refractivity contribution < 1.29 is 9.53 Å². The summed E-state index contributed by atoms with van der Waals surface area (Å²) in [6, 6.07) is 13.5. The summed E-state index contributed by atoms with van der Waals surface area (Å²) in [5.41, 5.74) is 3.65. The summed E-state index contributed by atoms with van der Waals surface area (Å²) in [6.07, 6.45) is 0. The lowest BCUT2D eigenvalue weighted by atomic mass is 10.2. The molecule has 27 heavy (non-hydrogen) atoms. The van der Waals surface area contributed by atoms with E-state index in [1.807, 2.05) is 63.2 Å². The fraction of sp³-hybridized carbons (Fsp3) is 0.263. The van der Waals surface area contributed by atoms with E-state index in [2.05, 4.69) is 20.8 Å². The Kier molecular flexibility index (Phi) is 5.75. The number of aryl methyl sites for hydroxylation is 2. The molecule has 0 aliphatic heterocycles. The van der Waals surface area contributed by atoms with Crippen molar-refractivity contribution in [2.45, 2.75) is 31.2 Å². The number of carbonyl (C=O) groups is 1. The van der Waals surface area contributed by atoms with Crippen LogP contribution in [-0.2, 0) is 4.79 Å². The Bertz CT molecular complexity index is 957. The molecule has 2 aromatic carbocycles. The predicted octanol–water partition coefficient (Wildman–Crippen LogP) is 3.41. The molecule has 1 heterocycles. The van der Waals surface area contributed by atoms with E-state index in [4.69, 9.17) is 4.74 Å². The van der Waals surface area contributed by atoms with Crippen LogP contribution in [0.4, 0.5) is 5.69 Å². The van der Waals surface area contributed by atoms with Crippen molar-refractivity contribution in [3.8, 4) is 11.4 Å². The normalized spacial score (nSPS) is 11.9. The van der Waals surface area contributed by atoms with Gasteiger partial charge in [0.15, 0.2) is 0 Å². The van der Waals surface area contributed by atoms with Crippen LogP contribution in [0.5, 0.6) is 5.75 Å². The summed E-state index contributed by atoms with van der Waals surface area (Å²) in [4.78, 5) is 12.5. The minimum absolute atomic E-state index is 0.114. The van der Waals surface area contributed by atoms with Gasteiger partial charge >= 0.3 is 0 Å². The molecule has 1 amide bonds. The molecule has 8 heteroatoms.